The lowest BCUT2D eigenvalue weighted by molar-refractivity contribution is -0.142. The van der Waals surface area contributed by atoms with Gasteiger partial charge in [0.1, 0.15) is 0 Å². The second-order valence-corrected chi connectivity index (χ2v) is 9.55. The van der Waals surface area contributed by atoms with Crippen molar-refractivity contribution in [2.75, 3.05) is 27.9 Å². The molecule has 1 aromatic rings. The quantitative estimate of drug-likeness (QED) is 0.754. The van der Waals surface area contributed by atoms with Crippen molar-refractivity contribution >= 4 is 5.91 Å². The van der Waals surface area contributed by atoms with E-state index in [1.807, 2.05) is 0 Å². The molecule has 1 heterocycles. The van der Waals surface area contributed by atoms with Crippen LogP contribution in [0.2, 0.25) is 0 Å². The topological polar surface area (TPSA) is 48.0 Å². The Labute approximate surface area is 175 Å². The highest BCUT2D eigenvalue weighted by atomic mass is 16.5. The first-order chi connectivity index (χ1) is 13.8. The highest BCUT2D eigenvalue weighted by Gasteiger charge is 2.39. The molecular weight excluding hydrogens is 366 g/mol. The van der Waals surface area contributed by atoms with Crippen LogP contribution in [0.1, 0.15) is 57.6 Å². The van der Waals surface area contributed by atoms with Gasteiger partial charge in [-0.15, -0.1) is 0 Å². The van der Waals surface area contributed by atoms with Crippen LogP contribution in [0.4, 0.5) is 0 Å². The van der Waals surface area contributed by atoms with Crippen LogP contribution in [0.15, 0.2) is 12.1 Å². The van der Waals surface area contributed by atoms with Crippen molar-refractivity contribution in [3.05, 3.63) is 23.3 Å². The molecule has 0 N–H and O–H groups in total. The maximum Gasteiger partial charge on any atom is 0.225 e. The summed E-state index contributed by atoms with van der Waals surface area (Å²) in [5.74, 6) is 1.97. The predicted octanol–water partition coefficient (Wildman–Crippen LogP) is 4.25. The minimum atomic E-state index is -0.00579. The molecule has 0 radical (unpaired) electrons. The largest absolute Gasteiger partial charge is 0.493 e. The molecule has 29 heavy (non-hydrogen) atoms. The summed E-state index contributed by atoms with van der Waals surface area (Å²) in [7, 11) is 5.12. The van der Waals surface area contributed by atoms with E-state index in [2.05, 4.69) is 37.8 Å². The molecule has 1 atom stereocenters. The van der Waals surface area contributed by atoms with Gasteiger partial charge >= 0.3 is 0 Å². The van der Waals surface area contributed by atoms with Gasteiger partial charge in [0.2, 0.25) is 5.91 Å². The van der Waals surface area contributed by atoms with Gasteiger partial charge in [0.05, 0.1) is 20.3 Å². The van der Waals surface area contributed by atoms with E-state index in [4.69, 9.17) is 14.2 Å². The second kappa shape index (κ2) is 8.95. The van der Waals surface area contributed by atoms with Crippen molar-refractivity contribution in [1.82, 2.24) is 4.90 Å². The molecule has 1 aliphatic carbocycles. The molecule has 5 heteroatoms. The number of fused-ring (bicyclic) bond motifs is 1. The molecule has 1 fully saturated rings. The monoisotopic (exact) mass is 403 g/mol. The number of hydrogen-bond donors (Lipinski definition) is 0. The fourth-order valence-electron chi connectivity index (χ4n) is 4.92. The number of rotatable bonds is 4. The standard InChI is InChI=1S/C24H37NO4/c1-24(2,3)22-15-18-14-21(29-6)20(28-5)13-17(18)11-12-25(22)23(26)16-7-9-19(27-4)10-8-16/h13-14,16,19,22H,7-12,15H2,1-6H3. The van der Waals surface area contributed by atoms with Crippen LogP contribution >= 0.6 is 0 Å². The summed E-state index contributed by atoms with van der Waals surface area (Å²) in [5.41, 5.74) is 2.52. The molecule has 1 aromatic carbocycles. The van der Waals surface area contributed by atoms with Crippen molar-refractivity contribution in [3.63, 3.8) is 0 Å². The van der Waals surface area contributed by atoms with Crippen LogP contribution in [0.5, 0.6) is 11.5 Å². The molecule has 1 amide bonds. The van der Waals surface area contributed by atoms with Gasteiger partial charge in [-0.25, -0.2) is 0 Å². The number of carbonyl (C=O) groups excluding carboxylic acids is 1. The fraction of sp³-hybridized carbons (Fsp3) is 0.708. The lowest BCUT2D eigenvalue weighted by Gasteiger charge is -2.41. The van der Waals surface area contributed by atoms with Gasteiger partial charge in [0.15, 0.2) is 11.5 Å². The van der Waals surface area contributed by atoms with E-state index in [9.17, 15) is 4.79 Å². The van der Waals surface area contributed by atoms with Crippen LogP contribution < -0.4 is 9.47 Å². The van der Waals surface area contributed by atoms with Crippen molar-refractivity contribution in [2.45, 2.75) is 71.4 Å². The summed E-state index contributed by atoms with van der Waals surface area (Å²) < 4.78 is 16.5. The summed E-state index contributed by atoms with van der Waals surface area (Å²) in [4.78, 5) is 15.8. The van der Waals surface area contributed by atoms with Crippen LogP contribution in [0.25, 0.3) is 0 Å². The van der Waals surface area contributed by atoms with E-state index < -0.39 is 0 Å². The van der Waals surface area contributed by atoms with Gasteiger partial charge in [0.25, 0.3) is 0 Å². The average Bonchev–Trinajstić information content (AvgIpc) is 2.91. The first kappa shape index (κ1) is 21.9. The van der Waals surface area contributed by atoms with E-state index in [-0.39, 0.29) is 17.4 Å². The molecule has 0 bridgehead atoms. The Kier molecular flexibility index (Phi) is 6.77. The molecule has 1 aliphatic heterocycles. The summed E-state index contributed by atoms with van der Waals surface area (Å²) in [6.45, 7) is 7.48. The minimum absolute atomic E-state index is 0.00579. The van der Waals surface area contributed by atoms with Gasteiger partial charge in [-0.1, -0.05) is 20.8 Å². The maximum atomic E-state index is 13.6. The molecule has 3 rings (SSSR count). The number of amides is 1. The number of benzene rings is 1. The van der Waals surface area contributed by atoms with Crippen molar-refractivity contribution in [2.24, 2.45) is 11.3 Å². The molecular formula is C24H37NO4. The lowest BCUT2D eigenvalue weighted by Crippen LogP contribution is -2.51. The summed E-state index contributed by atoms with van der Waals surface area (Å²) >= 11 is 0. The van der Waals surface area contributed by atoms with E-state index in [1.54, 1.807) is 21.3 Å². The Balaban J connectivity index is 1.87. The number of nitrogens with zero attached hydrogens (tertiary/aromatic N) is 1. The normalized spacial score (nSPS) is 25.2. The van der Waals surface area contributed by atoms with E-state index in [0.29, 0.717) is 12.0 Å². The Morgan fingerprint density at radius 3 is 2.07 bits per heavy atom. The van der Waals surface area contributed by atoms with Gasteiger partial charge in [-0.05, 0) is 67.2 Å². The highest BCUT2D eigenvalue weighted by Crippen LogP contribution is 2.38. The number of carbonyl (C=O) groups is 1. The summed E-state index contributed by atoms with van der Waals surface area (Å²) in [6, 6.07) is 4.35. The Bertz CT molecular complexity index is 716. The molecule has 0 saturated heterocycles. The van der Waals surface area contributed by atoms with Gasteiger partial charge in [-0.3, -0.25) is 4.79 Å². The Morgan fingerprint density at radius 1 is 0.966 bits per heavy atom. The van der Waals surface area contributed by atoms with Crippen LogP contribution in [-0.2, 0) is 22.4 Å². The first-order valence-electron chi connectivity index (χ1n) is 10.9. The zero-order valence-electron chi connectivity index (χ0n) is 18.9. The van der Waals surface area contributed by atoms with Gasteiger partial charge in [0, 0.05) is 25.6 Å². The molecule has 5 nitrogen and oxygen atoms in total. The van der Waals surface area contributed by atoms with Crippen LogP contribution in [-0.4, -0.2) is 50.8 Å². The number of hydrogen-bond acceptors (Lipinski definition) is 4. The predicted molar refractivity (Wildman–Crippen MR) is 115 cm³/mol. The minimum Gasteiger partial charge on any atom is -0.493 e. The molecule has 0 spiro atoms. The first-order valence-corrected chi connectivity index (χ1v) is 10.9. The highest BCUT2D eigenvalue weighted by molar-refractivity contribution is 5.79. The molecule has 162 valence electrons. The van der Waals surface area contributed by atoms with Gasteiger partial charge in [-0.2, -0.15) is 0 Å². The van der Waals surface area contributed by atoms with Gasteiger partial charge < -0.3 is 19.1 Å². The Morgan fingerprint density at radius 2 is 1.55 bits per heavy atom. The third-order valence-corrected chi connectivity index (χ3v) is 6.76. The Hall–Kier alpha value is -1.75. The number of ether oxygens (including phenoxy) is 3. The molecule has 1 unspecified atom stereocenters. The zero-order chi connectivity index (χ0) is 21.2. The van der Waals surface area contributed by atoms with Crippen molar-refractivity contribution in [1.29, 1.82) is 0 Å². The van der Waals surface area contributed by atoms with Crippen molar-refractivity contribution < 1.29 is 19.0 Å². The smallest absolute Gasteiger partial charge is 0.225 e. The zero-order valence-corrected chi connectivity index (χ0v) is 18.9. The number of methoxy groups -OCH3 is 3. The van der Waals surface area contributed by atoms with E-state index in [0.717, 1.165) is 56.6 Å². The summed E-state index contributed by atoms with van der Waals surface area (Å²) in [5, 5.41) is 0. The van der Waals surface area contributed by atoms with E-state index >= 15 is 0 Å². The molecule has 0 aromatic heterocycles. The summed E-state index contributed by atoms with van der Waals surface area (Å²) in [6.07, 6.45) is 5.83. The van der Waals surface area contributed by atoms with E-state index in [1.165, 1.54) is 11.1 Å². The van der Waals surface area contributed by atoms with Crippen LogP contribution in [0.3, 0.4) is 0 Å². The molecule has 2 aliphatic rings. The van der Waals surface area contributed by atoms with Crippen LogP contribution in [0, 0.1) is 11.3 Å². The third kappa shape index (κ3) is 4.71. The lowest BCUT2D eigenvalue weighted by atomic mass is 9.80. The average molecular weight is 404 g/mol. The third-order valence-electron chi connectivity index (χ3n) is 6.76. The second-order valence-electron chi connectivity index (χ2n) is 9.55. The maximum absolute atomic E-state index is 13.6. The van der Waals surface area contributed by atoms with Crippen molar-refractivity contribution in [3.8, 4) is 11.5 Å². The SMILES string of the molecule is COc1cc2c(cc1OC)CC(C(C)(C)C)N(C(=O)C1CCC(OC)CC1)CC2. The molecule has 1 saturated carbocycles. The fourth-order valence-corrected chi connectivity index (χ4v) is 4.92.